The van der Waals surface area contributed by atoms with Crippen molar-refractivity contribution in [1.29, 1.82) is 0 Å². The van der Waals surface area contributed by atoms with Crippen LogP contribution < -0.4 is 4.72 Å². The highest BCUT2D eigenvalue weighted by Gasteiger charge is 2.19. The SMILES string of the molecule is CON=C(C)c1ccc(S(=O)(=O)Nc2ccc(Cl)cc2-n2nnc3ncccc32)cc1. The average molecular weight is 457 g/mol. The predicted octanol–water partition coefficient (Wildman–Crippen LogP) is 3.64. The van der Waals surface area contributed by atoms with Crippen molar-refractivity contribution in [1.82, 2.24) is 20.0 Å². The lowest BCUT2D eigenvalue weighted by Gasteiger charge is -2.13. The Kier molecular flexibility index (Phi) is 5.57. The van der Waals surface area contributed by atoms with E-state index in [9.17, 15) is 8.42 Å². The highest BCUT2D eigenvalue weighted by Crippen LogP contribution is 2.28. The van der Waals surface area contributed by atoms with Crippen LogP contribution in [-0.2, 0) is 14.9 Å². The van der Waals surface area contributed by atoms with Gasteiger partial charge in [-0.3, -0.25) is 4.72 Å². The molecule has 4 aromatic rings. The second kappa shape index (κ2) is 8.32. The molecule has 0 fully saturated rings. The van der Waals surface area contributed by atoms with E-state index in [0.717, 1.165) is 5.56 Å². The Bertz CT molecular complexity index is 1380. The fraction of sp³-hybridized carbons (Fsp3) is 0.100. The summed E-state index contributed by atoms with van der Waals surface area (Å²) in [4.78, 5) is 8.99. The molecule has 4 rings (SSSR count). The monoisotopic (exact) mass is 456 g/mol. The second-order valence-corrected chi connectivity index (χ2v) is 8.62. The zero-order chi connectivity index (χ0) is 22.0. The Morgan fingerprint density at radius 1 is 1.16 bits per heavy atom. The number of hydrogen-bond acceptors (Lipinski definition) is 7. The van der Waals surface area contributed by atoms with E-state index in [1.807, 2.05) is 0 Å². The lowest BCUT2D eigenvalue weighted by molar-refractivity contribution is 0.213. The molecule has 0 radical (unpaired) electrons. The van der Waals surface area contributed by atoms with Gasteiger partial charge in [-0.05, 0) is 55.0 Å². The summed E-state index contributed by atoms with van der Waals surface area (Å²) in [6.07, 6.45) is 1.60. The highest BCUT2D eigenvalue weighted by atomic mass is 35.5. The Hall–Kier alpha value is -3.50. The molecule has 2 heterocycles. The summed E-state index contributed by atoms with van der Waals surface area (Å²) in [5.41, 5.74) is 3.13. The van der Waals surface area contributed by atoms with E-state index in [-0.39, 0.29) is 4.90 Å². The first-order valence-corrected chi connectivity index (χ1v) is 10.9. The Balaban J connectivity index is 1.72. The van der Waals surface area contributed by atoms with Gasteiger partial charge >= 0.3 is 0 Å². The largest absolute Gasteiger partial charge is 0.399 e. The van der Waals surface area contributed by atoms with Gasteiger partial charge in [0.25, 0.3) is 10.0 Å². The highest BCUT2D eigenvalue weighted by molar-refractivity contribution is 7.92. The van der Waals surface area contributed by atoms with Gasteiger partial charge in [0.1, 0.15) is 12.6 Å². The van der Waals surface area contributed by atoms with Crippen LogP contribution in [0.2, 0.25) is 5.02 Å². The maximum atomic E-state index is 13.0. The van der Waals surface area contributed by atoms with E-state index in [1.54, 1.807) is 55.6 Å². The quantitative estimate of drug-likeness (QED) is 0.350. The molecular formula is C20H17ClN6O3S. The minimum atomic E-state index is -3.89. The fourth-order valence-corrected chi connectivity index (χ4v) is 4.22. The standard InChI is InChI=1S/C20H17ClN6O3S/c1-13(24-30-2)14-5-8-16(9-6-14)31(28,29)25-17-10-7-15(21)12-19(17)27-18-4-3-11-22-20(18)23-26-27/h3-12,25H,1-2H3. The number of oxime groups is 1. The Labute approximate surface area is 183 Å². The van der Waals surface area contributed by atoms with Gasteiger partial charge in [-0.2, -0.15) is 0 Å². The first-order chi connectivity index (χ1) is 14.9. The maximum absolute atomic E-state index is 13.0. The molecule has 31 heavy (non-hydrogen) atoms. The van der Waals surface area contributed by atoms with Crippen molar-refractivity contribution in [3.8, 4) is 5.69 Å². The number of hydrogen-bond donors (Lipinski definition) is 1. The molecule has 2 aromatic heterocycles. The summed E-state index contributed by atoms with van der Waals surface area (Å²) in [7, 11) is -2.44. The van der Waals surface area contributed by atoms with Crippen LogP contribution in [0.1, 0.15) is 12.5 Å². The fourth-order valence-electron chi connectivity index (χ4n) is 2.98. The summed E-state index contributed by atoms with van der Waals surface area (Å²) >= 11 is 6.17. The summed E-state index contributed by atoms with van der Waals surface area (Å²) in [5.74, 6) is 0. The second-order valence-electron chi connectivity index (χ2n) is 6.50. The number of halogens is 1. The molecule has 158 valence electrons. The van der Waals surface area contributed by atoms with Crippen LogP contribution >= 0.6 is 11.6 Å². The van der Waals surface area contributed by atoms with Crippen molar-refractivity contribution in [2.75, 3.05) is 11.8 Å². The number of fused-ring (bicyclic) bond motifs is 1. The molecule has 0 spiro atoms. The number of rotatable bonds is 6. The number of aromatic nitrogens is 4. The summed E-state index contributed by atoms with van der Waals surface area (Å²) in [6, 6.07) is 14.6. The van der Waals surface area contributed by atoms with Gasteiger partial charge in [0.05, 0.1) is 22.0 Å². The average Bonchev–Trinajstić information content (AvgIpc) is 3.19. The minimum absolute atomic E-state index is 0.0903. The number of nitrogens with zero attached hydrogens (tertiary/aromatic N) is 5. The van der Waals surface area contributed by atoms with Gasteiger partial charge < -0.3 is 4.84 Å². The van der Waals surface area contributed by atoms with Gasteiger partial charge in [-0.1, -0.05) is 34.1 Å². The lowest BCUT2D eigenvalue weighted by atomic mass is 10.1. The van der Waals surface area contributed by atoms with Crippen LogP contribution in [0.4, 0.5) is 5.69 Å². The van der Waals surface area contributed by atoms with Crippen molar-refractivity contribution in [3.63, 3.8) is 0 Å². The molecule has 1 N–H and O–H groups in total. The molecule has 0 aliphatic heterocycles. The number of anilines is 1. The molecule has 0 saturated heterocycles. The molecule has 0 atom stereocenters. The van der Waals surface area contributed by atoms with E-state index < -0.39 is 10.0 Å². The smallest absolute Gasteiger partial charge is 0.261 e. The molecule has 0 aliphatic carbocycles. The number of pyridine rings is 1. The molecule has 0 amide bonds. The van der Waals surface area contributed by atoms with Crippen molar-refractivity contribution >= 4 is 44.2 Å². The van der Waals surface area contributed by atoms with E-state index in [4.69, 9.17) is 16.4 Å². The van der Waals surface area contributed by atoms with Crippen LogP contribution in [0, 0.1) is 0 Å². The zero-order valence-corrected chi connectivity index (χ0v) is 18.1. The first kappa shape index (κ1) is 20.8. The normalized spacial score (nSPS) is 12.2. The van der Waals surface area contributed by atoms with Gasteiger partial charge in [-0.15, -0.1) is 5.10 Å². The Morgan fingerprint density at radius 2 is 1.94 bits per heavy atom. The zero-order valence-electron chi connectivity index (χ0n) is 16.5. The molecule has 0 aliphatic rings. The maximum Gasteiger partial charge on any atom is 0.261 e. The lowest BCUT2D eigenvalue weighted by Crippen LogP contribution is -2.15. The predicted molar refractivity (Wildman–Crippen MR) is 118 cm³/mol. The van der Waals surface area contributed by atoms with Crippen LogP contribution in [0.25, 0.3) is 16.9 Å². The molecule has 0 saturated carbocycles. The van der Waals surface area contributed by atoms with Gasteiger partial charge in [0.2, 0.25) is 5.65 Å². The van der Waals surface area contributed by atoms with Crippen molar-refractivity contribution in [2.24, 2.45) is 5.16 Å². The molecule has 2 aromatic carbocycles. The van der Waals surface area contributed by atoms with E-state index in [1.165, 1.54) is 23.9 Å². The number of benzene rings is 2. The van der Waals surface area contributed by atoms with Crippen LogP contribution in [0.3, 0.4) is 0 Å². The molecule has 11 heteroatoms. The minimum Gasteiger partial charge on any atom is -0.399 e. The first-order valence-electron chi connectivity index (χ1n) is 9.06. The van der Waals surface area contributed by atoms with Crippen LogP contribution in [-0.4, -0.2) is 41.2 Å². The number of nitrogens with one attached hydrogen (secondary N) is 1. The van der Waals surface area contributed by atoms with Crippen LogP contribution in [0.5, 0.6) is 0 Å². The van der Waals surface area contributed by atoms with Crippen molar-refractivity contribution < 1.29 is 13.3 Å². The van der Waals surface area contributed by atoms with Crippen molar-refractivity contribution in [2.45, 2.75) is 11.8 Å². The third-order valence-electron chi connectivity index (χ3n) is 4.47. The summed E-state index contributed by atoms with van der Waals surface area (Å²) in [5, 5.41) is 12.4. The third kappa shape index (κ3) is 4.21. The topological polar surface area (TPSA) is 111 Å². The summed E-state index contributed by atoms with van der Waals surface area (Å²) in [6.45, 7) is 1.77. The van der Waals surface area contributed by atoms with Crippen LogP contribution in [0.15, 0.2) is 70.8 Å². The van der Waals surface area contributed by atoms with E-state index in [0.29, 0.717) is 33.3 Å². The summed E-state index contributed by atoms with van der Waals surface area (Å²) < 4.78 is 30.1. The van der Waals surface area contributed by atoms with E-state index in [2.05, 4.69) is 25.2 Å². The molecular weight excluding hydrogens is 440 g/mol. The van der Waals surface area contributed by atoms with Crippen molar-refractivity contribution in [3.05, 3.63) is 71.4 Å². The van der Waals surface area contributed by atoms with E-state index >= 15 is 0 Å². The molecule has 0 bridgehead atoms. The molecule has 0 unspecified atom stereocenters. The molecule has 9 nitrogen and oxygen atoms in total. The Morgan fingerprint density at radius 3 is 2.68 bits per heavy atom. The van der Waals surface area contributed by atoms with Gasteiger partial charge in [0, 0.05) is 11.2 Å². The van der Waals surface area contributed by atoms with Gasteiger partial charge in [0.15, 0.2) is 0 Å². The third-order valence-corrected chi connectivity index (χ3v) is 6.08. The van der Waals surface area contributed by atoms with Gasteiger partial charge in [-0.25, -0.2) is 18.1 Å². The number of sulfonamides is 1.